The fraction of sp³-hybridized carbons (Fsp3) is 0.333. The number of hydrogen-bond donors (Lipinski definition) is 1. The van der Waals surface area contributed by atoms with Crippen molar-refractivity contribution in [2.24, 2.45) is 0 Å². The predicted octanol–water partition coefficient (Wildman–Crippen LogP) is 2.93. The molecule has 20 heavy (non-hydrogen) atoms. The minimum Gasteiger partial charge on any atom is -0.361 e. The Labute approximate surface area is 123 Å². The minimum atomic E-state index is -0.0214. The molecule has 5 heteroatoms. The highest BCUT2D eigenvalue weighted by molar-refractivity contribution is 6.31. The highest BCUT2D eigenvalue weighted by atomic mass is 35.5. The molecule has 0 radical (unpaired) electrons. The topological polar surface area (TPSA) is 55.1 Å². The first-order valence-electron chi connectivity index (χ1n) is 6.57. The van der Waals surface area contributed by atoms with Crippen molar-refractivity contribution < 1.29 is 9.32 Å². The van der Waals surface area contributed by atoms with Gasteiger partial charge in [-0.1, -0.05) is 35.0 Å². The van der Waals surface area contributed by atoms with E-state index in [1.807, 2.05) is 31.2 Å². The molecule has 1 amide bonds. The number of benzene rings is 1. The molecular weight excluding hydrogens is 276 g/mol. The molecule has 0 atom stereocenters. The van der Waals surface area contributed by atoms with Gasteiger partial charge in [-0.15, -0.1) is 0 Å². The Morgan fingerprint density at radius 2 is 2.20 bits per heavy atom. The second kappa shape index (κ2) is 7.10. The molecule has 0 fully saturated rings. The Bertz CT molecular complexity index is 581. The maximum atomic E-state index is 11.8. The van der Waals surface area contributed by atoms with Crippen LogP contribution >= 0.6 is 11.6 Å². The molecule has 106 valence electrons. The average molecular weight is 293 g/mol. The SMILES string of the molecule is Cc1cc(CCCNC(=O)Cc2ccccc2Cl)on1. The van der Waals surface area contributed by atoms with E-state index in [4.69, 9.17) is 16.1 Å². The summed E-state index contributed by atoms with van der Waals surface area (Å²) in [4.78, 5) is 11.8. The lowest BCUT2D eigenvalue weighted by atomic mass is 10.1. The van der Waals surface area contributed by atoms with Crippen LogP contribution in [0.15, 0.2) is 34.9 Å². The van der Waals surface area contributed by atoms with Crippen molar-refractivity contribution in [1.82, 2.24) is 10.5 Å². The molecule has 0 spiro atoms. The van der Waals surface area contributed by atoms with E-state index in [-0.39, 0.29) is 5.91 Å². The number of halogens is 1. The first-order valence-corrected chi connectivity index (χ1v) is 6.95. The van der Waals surface area contributed by atoms with Crippen LogP contribution in [0.4, 0.5) is 0 Å². The molecule has 1 aromatic heterocycles. The Balaban J connectivity index is 1.69. The Morgan fingerprint density at radius 1 is 1.40 bits per heavy atom. The number of nitrogens with one attached hydrogen (secondary N) is 1. The van der Waals surface area contributed by atoms with Crippen molar-refractivity contribution >= 4 is 17.5 Å². The third-order valence-electron chi connectivity index (χ3n) is 2.91. The van der Waals surface area contributed by atoms with Crippen LogP contribution in [0.25, 0.3) is 0 Å². The maximum Gasteiger partial charge on any atom is 0.224 e. The first kappa shape index (κ1) is 14.6. The molecule has 0 aliphatic rings. The zero-order valence-electron chi connectivity index (χ0n) is 11.4. The molecule has 0 saturated carbocycles. The van der Waals surface area contributed by atoms with E-state index >= 15 is 0 Å². The quantitative estimate of drug-likeness (QED) is 0.833. The molecule has 2 rings (SSSR count). The second-order valence-corrected chi connectivity index (χ2v) is 5.06. The maximum absolute atomic E-state index is 11.8. The second-order valence-electron chi connectivity index (χ2n) is 4.66. The van der Waals surface area contributed by atoms with Gasteiger partial charge in [-0.25, -0.2) is 0 Å². The molecular formula is C15H17ClN2O2. The van der Waals surface area contributed by atoms with Crippen LogP contribution in [-0.4, -0.2) is 17.6 Å². The van der Waals surface area contributed by atoms with Crippen LogP contribution in [0.1, 0.15) is 23.4 Å². The summed E-state index contributed by atoms with van der Waals surface area (Å²) in [5.41, 5.74) is 1.72. The summed E-state index contributed by atoms with van der Waals surface area (Å²) < 4.78 is 5.10. The van der Waals surface area contributed by atoms with Crippen molar-refractivity contribution in [1.29, 1.82) is 0 Å². The van der Waals surface area contributed by atoms with Crippen molar-refractivity contribution in [3.05, 3.63) is 52.4 Å². The molecule has 1 aromatic carbocycles. The molecule has 1 heterocycles. The number of aryl methyl sites for hydroxylation is 2. The monoisotopic (exact) mass is 292 g/mol. The van der Waals surface area contributed by atoms with E-state index < -0.39 is 0 Å². The van der Waals surface area contributed by atoms with Gasteiger partial charge in [0.1, 0.15) is 5.76 Å². The van der Waals surface area contributed by atoms with Gasteiger partial charge in [0.2, 0.25) is 5.91 Å². The van der Waals surface area contributed by atoms with E-state index in [2.05, 4.69) is 10.5 Å². The smallest absolute Gasteiger partial charge is 0.224 e. The van der Waals surface area contributed by atoms with E-state index in [9.17, 15) is 4.79 Å². The molecule has 0 aliphatic carbocycles. The normalized spacial score (nSPS) is 10.5. The first-order chi connectivity index (χ1) is 9.65. The van der Waals surface area contributed by atoms with Crippen LogP contribution in [0, 0.1) is 6.92 Å². The standard InChI is InChI=1S/C15H17ClN2O2/c1-11-9-13(20-18-11)6-4-8-17-15(19)10-12-5-2-3-7-14(12)16/h2-3,5,7,9H,4,6,8,10H2,1H3,(H,17,19). The molecule has 4 nitrogen and oxygen atoms in total. The highest BCUT2D eigenvalue weighted by Crippen LogP contribution is 2.15. The van der Waals surface area contributed by atoms with Crippen LogP contribution in [0.3, 0.4) is 0 Å². The summed E-state index contributed by atoms with van der Waals surface area (Å²) >= 11 is 6.01. The largest absolute Gasteiger partial charge is 0.361 e. The van der Waals surface area contributed by atoms with Gasteiger partial charge in [0.25, 0.3) is 0 Å². The molecule has 0 bridgehead atoms. The molecule has 0 aliphatic heterocycles. The number of aromatic nitrogens is 1. The van der Waals surface area contributed by atoms with Crippen molar-refractivity contribution in [3.8, 4) is 0 Å². The summed E-state index contributed by atoms with van der Waals surface area (Å²) in [5.74, 6) is 0.828. The van der Waals surface area contributed by atoms with Gasteiger partial charge in [0.15, 0.2) is 0 Å². The van der Waals surface area contributed by atoms with E-state index in [0.717, 1.165) is 29.9 Å². The average Bonchev–Trinajstić information content (AvgIpc) is 2.83. The zero-order chi connectivity index (χ0) is 14.4. The third-order valence-corrected chi connectivity index (χ3v) is 3.28. The van der Waals surface area contributed by atoms with Gasteiger partial charge < -0.3 is 9.84 Å². The lowest BCUT2D eigenvalue weighted by Crippen LogP contribution is -2.26. The van der Waals surface area contributed by atoms with Gasteiger partial charge in [0.05, 0.1) is 12.1 Å². The van der Waals surface area contributed by atoms with E-state index in [0.29, 0.717) is 18.0 Å². The molecule has 0 saturated heterocycles. The van der Waals surface area contributed by atoms with Crippen LogP contribution in [0.5, 0.6) is 0 Å². The Hall–Kier alpha value is -1.81. The van der Waals surface area contributed by atoms with Gasteiger partial charge >= 0.3 is 0 Å². The predicted molar refractivity (Wildman–Crippen MR) is 77.7 cm³/mol. The Kier molecular flexibility index (Phi) is 5.18. The minimum absolute atomic E-state index is 0.0214. The number of nitrogens with zero attached hydrogens (tertiary/aromatic N) is 1. The summed E-state index contributed by atoms with van der Waals surface area (Å²) in [7, 11) is 0. The van der Waals surface area contributed by atoms with E-state index in [1.165, 1.54) is 0 Å². The molecule has 1 N–H and O–H groups in total. The number of rotatable bonds is 6. The number of amides is 1. The van der Waals surface area contributed by atoms with Gasteiger partial charge in [0, 0.05) is 24.1 Å². The van der Waals surface area contributed by atoms with Crippen molar-refractivity contribution in [2.45, 2.75) is 26.2 Å². The molecule has 2 aromatic rings. The number of carbonyl (C=O) groups excluding carboxylic acids is 1. The summed E-state index contributed by atoms with van der Waals surface area (Å²) in [6.45, 7) is 2.50. The Morgan fingerprint density at radius 3 is 2.90 bits per heavy atom. The summed E-state index contributed by atoms with van der Waals surface area (Å²) in [6, 6.07) is 9.28. The summed E-state index contributed by atoms with van der Waals surface area (Å²) in [5, 5.41) is 7.32. The molecule has 0 unspecified atom stereocenters. The highest BCUT2D eigenvalue weighted by Gasteiger charge is 2.06. The van der Waals surface area contributed by atoms with Crippen LogP contribution < -0.4 is 5.32 Å². The fourth-order valence-corrected chi connectivity index (χ4v) is 2.10. The lowest BCUT2D eigenvalue weighted by molar-refractivity contribution is -0.120. The fourth-order valence-electron chi connectivity index (χ4n) is 1.90. The zero-order valence-corrected chi connectivity index (χ0v) is 12.1. The van der Waals surface area contributed by atoms with Crippen molar-refractivity contribution in [2.75, 3.05) is 6.54 Å². The summed E-state index contributed by atoms with van der Waals surface area (Å²) in [6.07, 6.45) is 1.90. The van der Waals surface area contributed by atoms with E-state index in [1.54, 1.807) is 6.07 Å². The van der Waals surface area contributed by atoms with Crippen LogP contribution in [-0.2, 0) is 17.6 Å². The lowest BCUT2D eigenvalue weighted by Gasteiger charge is -2.05. The van der Waals surface area contributed by atoms with Crippen molar-refractivity contribution in [3.63, 3.8) is 0 Å². The van der Waals surface area contributed by atoms with Gasteiger partial charge in [-0.05, 0) is 25.0 Å². The van der Waals surface area contributed by atoms with Gasteiger partial charge in [-0.2, -0.15) is 0 Å². The number of hydrogen-bond acceptors (Lipinski definition) is 3. The third kappa shape index (κ3) is 4.38. The number of carbonyl (C=O) groups is 1. The van der Waals surface area contributed by atoms with Gasteiger partial charge in [-0.3, -0.25) is 4.79 Å². The van der Waals surface area contributed by atoms with Crippen LogP contribution in [0.2, 0.25) is 5.02 Å².